The first kappa shape index (κ1) is 12.9. The van der Waals surface area contributed by atoms with Gasteiger partial charge in [-0.3, -0.25) is 4.98 Å². The number of aromatic carboxylic acids is 1. The zero-order chi connectivity index (χ0) is 14.0. The van der Waals surface area contributed by atoms with Crippen LogP contribution in [0.2, 0.25) is 0 Å². The van der Waals surface area contributed by atoms with Crippen molar-refractivity contribution in [2.24, 2.45) is 0 Å². The van der Waals surface area contributed by atoms with Gasteiger partial charge in [-0.1, -0.05) is 0 Å². The van der Waals surface area contributed by atoms with Crippen LogP contribution in [-0.4, -0.2) is 21.0 Å². The SMILES string of the molecule is Cc1ccc(Nc2ncc(F)cc2C(=O)O)c(C)n1. The molecule has 2 aromatic rings. The van der Waals surface area contributed by atoms with E-state index < -0.39 is 11.8 Å². The molecule has 0 aromatic carbocycles. The Morgan fingerprint density at radius 2 is 2.11 bits per heavy atom. The molecule has 0 atom stereocenters. The Kier molecular flexibility index (Phi) is 3.41. The fourth-order valence-corrected chi connectivity index (χ4v) is 1.65. The summed E-state index contributed by atoms with van der Waals surface area (Å²) in [5.41, 5.74) is 1.98. The number of rotatable bonds is 3. The maximum absolute atomic E-state index is 13.0. The summed E-state index contributed by atoms with van der Waals surface area (Å²) in [5, 5.41) is 11.9. The lowest BCUT2D eigenvalue weighted by Gasteiger charge is -2.10. The number of carboxylic acids is 1. The Labute approximate surface area is 109 Å². The molecule has 0 spiro atoms. The number of carbonyl (C=O) groups is 1. The van der Waals surface area contributed by atoms with E-state index in [-0.39, 0.29) is 11.4 Å². The lowest BCUT2D eigenvalue weighted by molar-refractivity contribution is 0.0697. The summed E-state index contributed by atoms with van der Waals surface area (Å²) < 4.78 is 13.0. The highest BCUT2D eigenvalue weighted by atomic mass is 19.1. The van der Waals surface area contributed by atoms with E-state index in [2.05, 4.69) is 15.3 Å². The molecule has 0 aliphatic rings. The molecular weight excluding hydrogens is 249 g/mol. The van der Waals surface area contributed by atoms with Crippen molar-refractivity contribution in [3.63, 3.8) is 0 Å². The van der Waals surface area contributed by atoms with E-state index >= 15 is 0 Å². The van der Waals surface area contributed by atoms with E-state index in [0.717, 1.165) is 18.0 Å². The number of nitrogens with one attached hydrogen (secondary N) is 1. The quantitative estimate of drug-likeness (QED) is 0.888. The molecule has 2 heterocycles. The van der Waals surface area contributed by atoms with E-state index in [1.165, 1.54) is 0 Å². The molecule has 0 radical (unpaired) electrons. The highest BCUT2D eigenvalue weighted by Gasteiger charge is 2.14. The Morgan fingerprint density at radius 3 is 2.74 bits per heavy atom. The molecule has 0 fully saturated rings. The van der Waals surface area contributed by atoms with Crippen LogP contribution in [0, 0.1) is 19.7 Å². The third-order valence-corrected chi connectivity index (χ3v) is 2.56. The molecule has 0 saturated heterocycles. The minimum atomic E-state index is -1.24. The van der Waals surface area contributed by atoms with E-state index in [0.29, 0.717) is 11.4 Å². The van der Waals surface area contributed by atoms with Crippen molar-refractivity contribution < 1.29 is 14.3 Å². The van der Waals surface area contributed by atoms with Crippen LogP contribution in [-0.2, 0) is 0 Å². The highest BCUT2D eigenvalue weighted by molar-refractivity contribution is 5.94. The molecule has 6 heteroatoms. The molecule has 2 N–H and O–H groups in total. The molecular formula is C13H12FN3O2. The first-order valence-electron chi connectivity index (χ1n) is 5.57. The number of aromatic nitrogens is 2. The van der Waals surface area contributed by atoms with Crippen LogP contribution in [0.15, 0.2) is 24.4 Å². The average Bonchev–Trinajstić information content (AvgIpc) is 2.34. The van der Waals surface area contributed by atoms with E-state index in [4.69, 9.17) is 5.11 Å². The van der Waals surface area contributed by atoms with E-state index in [9.17, 15) is 9.18 Å². The van der Waals surface area contributed by atoms with Crippen molar-refractivity contribution >= 4 is 17.5 Å². The standard InChI is InChI=1S/C13H12FN3O2/c1-7-3-4-11(8(2)16-7)17-12-10(13(18)19)5-9(14)6-15-12/h3-6H,1-2H3,(H,15,17)(H,18,19). The molecule has 98 valence electrons. The second-order valence-corrected chi connectivity index (χ2v) is 4.07. The minimum Gasteiger partial charge on any atom is -0.478 e. The number of hydrogen-bond donors (Lipinski definition) is 2. The first-order valence-corrected chi connectivity index (χ1v) is 5.57. The third kappa shape index (κ3) is 2.85. The smallest absolute Gasteiger partial charge is 0.339 e. The van der Waals surface area contributed by atoms with Crippen molar-refractivity contribution in [3.8, 4) is 0 Å². The van der Waals surface area contributed by atoms with Gasteiger partial charge in [0.2, 0.25) is 0 Å². The number of hydrogen-bond acceptors (Lipinski definition) is 4. The number of anilines is 2. The zero-order valence-electron chi connectivity index (χ0n) is 10.4. The highest BCUT2D eigenvalue weighted by Crippen LogP contribution is 2.21. The van der Waals surface area contributed by atoms with Crippen LogP contribution in [0.3, 0.4) is 0 Å². The van der Waals surface area contributed by atoms with E-state index in [1.807, 2.05) is 6.92 Å². The number of pyridine rings is 2. The molecule has 19 heavy (non-hydrogen) atoms. The van der Waals surface area contributed by atoms with Crippen molar-refractivity contribution in [2.45, 2.75) is 13.8 Å². The topological polar surface area (TPSA) is 75.1 Å². The molecule has 2 rings (SSSR count). The molecule has 5 nitrogen and oxygen atoms in total. The van der Waals surface area contributed by atoms with Crippen LogP contribution < -0.4 is 5.32 Å². The normalized spacial score (nSPS) is 10.3. The Balaban J connectivity index is 2.40. The predicted molar refractivity (Wildman–Crippen MR) is 68.1 cm³/mol. The van der Waals surface area contributed by atoms with Gasteiger partial charge in [0.25, 0.3) is 0 Å². The zero-order valence-corrected chi connectivity index (χ0v) is 10.4. The van der Waals surface area contributed by atoms with Gasteiger partial charge in [-0.05, 0) is 32.0 Å². The minimum absolute atomic E-state index is 0.0858. The molecule has 0 amide bonds. The second kappa shape index (κ2) is 5.01. The maximum atomic E-state index is 13.0. The summed E-state index contributed by atoms with van der Waals surface area (Å²) in [6.45, 7) is 3.65. The van der Waals surface area contributed by atoms with Crippen molar-refractivity contribution in [2.75, 3.05) is 5.32 Å². The summed E-state index contributed by atoms with van der Waals surface area (Å²) in [4.78, 5) is 19.1. The largest absolute Gasteiger partial charge is 0.478 e. The summed E-state index contributed by atoms with van der Waals surface area (Å²) in [7, 11) is 0. The van der Waals surface area contributed by atoms with Crippen LogP contribution in [0.4, 0.5) is 15.9 Å². The number of aryl methyl sites for hydroxylation is 2. The lowest BCUT2D eigenvalue weighted by Crippen LogP contribution is -2.07. The molecule has 2 aromatic heterocycles. The fourth-order valence-electron chi connectivity index (χ4n) is 1.65. The summed E-state index contributed by atoms with van der Waals surface area (Å²) >= 11 is 0. The van der Waals surface area contributed by atoms with Gasteiger partial charge in [0.1, 0.15) is 17.2 Å². The number of nitrogens with zero attached hydrogens (tertiary/aromatic N) is 2. The van der Waals surface area contributed by atoms with Gasteiger partial charge in [0.05, 0.1) is 17.6 Å². The summed E-state index contributed by atoms with van der Waals surface area (Å²) in [5.74, 6) is -1.85. The predicted octanol–water partition coefficient (Wildman–Crippen LogP) is 2.67. The molecule has 0 aliphatic heterocycles. The lowest BCUT2D eigenvalue weighted by atomic mass is 10.2. The molecule has 0 bridgehead atoms. The second-order valence-electron chi connectivity index (χ2n) is 4.07. The maximum Gasteiger partial charge on any atom is 0.339 e. The van der Waals surface area contributed by atoms with Gasteiger partial charge in [-0.15, -0.1) is 0 Å². The van der Waals surface area contributed by atoms with Crippen LogP contribution in [0.5, 0.6) is 0 Å². The monoisotopic (exact) mass is 261 g/mol. The van der Waals surface area contributed by atoms with Crippen molar-refractivity contribution in [3.05, 3.63) is 47.2 Å². The van der Waals surface area contributed by atoms with Crippen LogP contribution in [0.1, 0.15) is 21.7 Å². The van der Waals surface area contributed by atoms with Gasteiger partial charge < -0.3 is 10.4 Å². The first-order chi connectivity index (χ1) is 8.97. The van der Waals surface area contributed by atoms with Gasteiger partial charge in [-0.2, -0.15) is 0 Å². The Bertz CT molecular complexity index is 644. The summed E-state index contributed by atoms with van der Waals surface area (Å²) in [6, 6.07) is 4.49. The molecule has 0 unspecified atom stereocenters. The summed E-state index contributed by atoms with van der Waals surface area (Å²) in [6.07, 6.45) is 0.964. The van der Waals surface area contributed by atoms with Gasteiger partial charge in [-0.25, -0.2) is 14.2 Å². The van der Waals surface area contributed by atoms with Crippen LogP contribution >= 0.6 is 0 Å². The molecule has 0 aliphatic carbocycles. The average molecular weight is 261 g/mol. The van der Waals surface area contributed by atoms with Crippen molar-refractivity contribution in [1.82, 2.24) is 9.97 Å². The third-order valence-electron chi connectivity index (χ3n) is 2.56. The van der Waals surface area contributed by atoms with Crippen molar-refractivity contribution in [1.29, 1.82) is 0 Å². The van der Waals surface area contributed by atoms with Gasteiger partial charge in [0.15, 0.2) is 0 Å². The van der Waals surface area contributed by atoms with Gasteiger partial charge >= 0.3 is 5.97 Å². The van der Waals surface area contributed by atoms with Gasteiger partial charge in [0, 0.05) is 5.69 Å². The number of carboxylic acid groups (broad SMARTS) is 1. The van der Waals surface area contributed by atoms with E-state index in [1.54, 1.807) is 19.1 Å². The Morgan fingerprint density at radius 1 is 1.37 bits per heavy atom. The number of halogens is 1. The molecule has 0 saturated carbocycles. The van der Waals surface area contributed by atoms with Crippen LogP contribution in [0.25, 0.3) is 0 Å². The fraction of sp³-hybridized carbons (Fsp3) is 0.154. The Hall–Kier alpha value is -2.50.